The monoisotopic (exact) mass is 504 g/mol. The van der Waals surface area contributed by atoms with E-state index in [4.69, 9.17) is 4.74 Å². The third kappa shape index (κ3) is 5.34. The first kappa shape index (κ1) is 23.8. The molecule has 2 aromatic heterocycles. The average molecular weight is 505 g/mol. The summed E-state index contributed by atoms with van der Waals surface area (Å²) in [6.07, 6.45) is 0.214. The van der Waals surface area contributed by atoms with Crippen LogP contribution in [0, 0.1) is 0 Å². The Morgan fingerprint density at radius 1 is 1.03 bits per heavy atom. The minimum Gasteiger partial charge on any atom is -0.497 e. The molecule has 0 atom stereocenters. The van der Waals surface area contributed by atoms with Crippen molar-refractivity contribution in [2.24, 2.45) is 0 Å². The van der Waals surface area contributed by atoms with Crippen LogP contribution in [-0.4, -0.2) is 67.2 Å². The van der Waals surface area contributed by atoms with Crippen LogP contribution < -0.4 is 20.3 Å². The lowest BCUT2D eigenvalue weighted by molar-refractivity contribution is -0.115. The van der Waals surface area contributed by atoms with Crippen LogP contribution in [0.3, 0.4) is 0 Å². The third-order valence-corrected chi connectivity index (χ3v) is 7.28. The van der Waals surface area contributed by atoms with Crippen molar-refractivity contribution in [1.82, 2.24) is 15.1 Å². The van der Waals surface area contributed by atoms with Crippen molar-refractivity contribution >= 4 is 50.6 Å². The zero-order valence-corrected chi connectivity index (χ0v) is 21.0. The molecule has 3 N–H and O–H groups in total. The summed E-state index contributed by atoms with van der Waals surface area (Å²) in [4.78, 5) is 31.3. The summed E-state index contributed by atoms with van der Waals surface area (Å²) in [5.41, 5.74) is 2.76. The van der Waals surface area contributed by atoms with Gasteiger partial charge in [-0.1, -0.05) is 12.1 Å². The Morgan fingerprint density at radius 2 is 1.75 bits per heavy atom. The number of nitrogens with one attached hydrogen (secondary N) is 3. The highest BCUT2D eigenvalue weighted by atomic mass is 32.1. The molecule has 1 aliphatic heterocycles. The predicted octanol–water partition coefficient (Wildman–Crippen LogP) is 3.82. The second-order valence-corrected chi connectivity index (χ2v) is 9.82. The maximum absolute atomic E-state index is 12.9. The Kier molecular flexibility index (Phi) is 6.88. The van der Waals surface area contributed by atoms with Gasteiger partial charge in [0.15, 0.2) is 0 Å². The maximum atomic E-state index is 12.9. The van der Waals surface area contributed by atoms with Gasteiger partial charge in [0.25, 0.3) is 5.91 Å². The smallest absolute Gasteiger partial charge is 0.265 e. The van der Waals surface area contributed by atoms with Crippen molar-refractivity contribution < 1.29 is 14.3 Å². The largest absolute Gasteiger partial charge is 0.497 e. The minimum atomic E-state index is -0.208. The molecule has 186 valence electrons. The molecule has 0 bridgehead atoms. The number of H-pyrrole nitrogens is 1. The van der Waals surface area contributed by atoms with E-state index in [9.17, 15) is 9.59 Å². The van der Waals surface area contributed by atoms with Crippen molar-refractivity contribution in [3.8, 4) is 5.75 Å². The van der Waals surface area contributed by atoms with Crippen LogP contribution >= 0.6 is 11.3 Å². The standard InChI is InChI=1S/C26H28N6O3S/c1-31-11-13-32(14-12-31)19-7-5-18(6-8-19)27-25(34)22-16-21-24(29-30-26(21)36-22)28-23(33)15-17-3-9-20(35-2)10-4-17/h3-10,16H,11-15H2,1-2H3,(H,27,34)(H2,28,29,30,33). The highest BCUT2D eigenvalue weighted by Gasteiger charge is 2.18. The molecular formula is C26H28N6O3S. The highest BCUT2D eigenvalue weighted by molar-refractivity contribution is 7.20. The Hall–Kier alpha value is -3.89. The number of methoxy groups -OCH3 is 1. The summed E-state index contributed by atoms with van der Waals surface area (Å²) in [6, 6.07) is 17.0. The number of benzene rings is 2. The van der Waals surface area contributed by atoms with E-state index in [0.717, 1.165) is 48.9 Å². The summed E-state index contributed by atoms with van der Waals surface area (Å²) in [7, 11) is 3.74. The highest BCUT2D eigenvalue weighted by Crippen LogP contribution is 2.30. The number of ether oxygens (including phenoxy) is 1. The van der Waals surface area contributed by atoms with Gasteiger partial charge in [0.2, 0.25) is 5.91 Å². The Bertz CT molecular complexity index is 1350. The molecular weight excluding hydrogens is 476 g/mol. The normalized spacial score (nSPS) is 14.1. The fourth-order valence-electron chi connectivity index (χ4n) is 4.14. The number of nitrogens with zero attached hydrogens (tertiary/aromatic N) is 3. The number of anilines is 3. The van der Waals surface area contributed by atoms with Gasteiger partial charge in [-0.2, -0.15) is 5.10 Å². The molecule has 9 nitrogen and oxygen atoms in total. The molecule has 36 heavy (non-hydrogen) atoms. The summed E-state index contributed by atoms with van der Waals surface area (Å²) in [5, 5.41) is 13.6. The minimum absolute atomic E-state index is 0.177. The van der Waals surface area contributed by atoms with Crippen molar-refractivity contribution in [1.29, 1.82) is 0 Å². The maximum Gasteiger partial charge on any atom is 0.265 e. The number of hydrogen-bond donors (Lipinski definition) is 3. The number of piperazine rings is 1. The molecule has 4 aromatic rings. The van der Waals surface area contributed by atoms with Gasteiger partial charge >= 0.3 is 0 Å². The van der Waals surface area contributed by atoms with Crippen molar-refractivity contribution in [3.63, 3.8) is 0 Å². The van der Waals surface area contributed by atoms with Crippen molar-refractivity contribution in [3.05, 3.63) is 65.0 Å². The second kappa shape index (κ2) is 10.4. The first-order chi connectivity index (χ1) is 17.5. The number of aromatic nitrogens is 2. The van der Waals surface area contributed by atoms with E-state index in [1.165, 1.54) is 11.3 Å². The van der Waals surface area contributed by atoms with E-state index < -0.39 is 0 Å². The lowest BCUT2D eigenvalue weighted by Crippen LogP contribution is -2.44. The molecule has 0 unspecified atom stereocenters. The number of amides is 2. The molecule has 0 saturated carbocycles. The van der Waals surface area contributed by atoms with Crippen molar-refractivity contribution in [2.45, 2.75) is 6.42 Å². The second-order valence-electron chi connectivity index (χ2n) is 8.79. The molecule has 2 amide bonds. The number of aromatic amines is 1. The summed E-state index contributed by atoms with van der Waals surface area (Å²) < 4.78 is 5.15. The van der Waals surface area contributed by atoms with E-state index in [2.05, 4.69) is 37.7 Å². The van der Waals surface area contributed by atoms with Gasteiger partial charge < -0.3 is 25.2 Å². The summed E-state index contributed by atoms with van der Waals surface area (Å²) in [6.45, 7) is 4.08. The molecule has 2 aromatic carbocycles. The molecule has 0 spiro atoms. The van der Waals surface area contributed by atoms with Crippen molar-refractivity contribution in [2.75, 3.05) is 55.9 Å². The van der Waals surface area contributed by atoms with Crippen LogP contribution in [0.15, 0.2) is 54.6 Å². The molecule has 3 heterocycles. The fraction of sp³-hybridized carbons (Fsp3) is 0.269. The quantitative estimate of drug-likeness (QED) is 0.354. The average Bonchev–Trinajstić information content (AvgIpc) is 3.48. The van der Waals surface area contributed by atoms with E-state index >= 15 is 0 Å². The zero-order chi connectivity index (χ0) is 25.1. The predicted molar refractivity (Wildman–Crippen MR) is 143 cm³/mol. The molecule has 1 saturated heterocycles. The molecule has 0 aliphatic carbocycles. The van der Waals surface area contributed by atoms with Crippen LogP contribution in [0.2, 0.25) is 0 Å². The first-order valence-corrected chi connectivity index (χ1v) is 12.6. The molecule has 1 fully saturated rings. The molecule has 10 heteroatoms. The number of hydrogen-bond acceptors (Lipinski definition) is 7. The number of fused-ring (bicyclic) bond motifs is 1. The SMILES string of the molecule is COc1ccc(CC(=O)Nc2[nH]nc3sc(C(=O)Nc4ccc(N5CCN(C)CC5)cc4)cc23)cc1. The van der Waals surface area contributed by atoms with Crippen LogP contribution in [0.25, 0.3) is 10.2 Å². The van der Waals surface area contributed by atoms with Gasteiger partial charge in [0.1, 0.15) is 16.4 Å². The lowest BCUT2D eigenvalue weighted by Gasteiger charge is -2.34. The fourth-order valence-corrected chi connectivity index (χ4v) is 5.03. The van der Waals surface area contributed by atoms with Crippen LogP contribution in [-0.2, 0) is 11.2 Å². The van der Waals surface area contributed by atoms with Crippen LogP contribution in [0.5, 0.6) is 5.75 Å². The Balaban J connectivity index is 1.21. The van der Waals surface area contributed by atoms with Gasteiger partial charge in [0, 0.05) is 37.6 Å². The molecule has 0 radical (unpaired) electrons. The third-order valence-electron chi connectivity index (χ3n) is 6.26. The summed E-state index contributed by atoms with van der Waals surface area (Å²) >= 11 is 1.27. The van der Waals surface area contributed by atoms with Crippen LogP contribution in [0.4, 0.5) is 17.2 Å². The molecule has 5 rings (SSSR count). The number of carbonyl (C=O) groups is 2. The first-order valence-electron chi connectivity index (χ1n) is 11.7. The zero-order valence-electron chi connectivity index (χ0n) is 20.2. The molecule has 1 aliphatic rings. The van der Waals surface area contributed by atoms with Gasteiger partial charge in [-0.3, -0.25) is 14.7 Å². The van der Waals surface area contributed by atoms with E-state index in [1.54, 1.807) is 13.2 Å². The number of carbonyl (C=O) groups excluding carboxylic acids is 2. The number of likely N-dealkylation sites (N-methyl/N-ethyl adjacent to an activating group) is 1. The number of rotatable bonds is 7. The van der Waals surface area contributed by atoms with E-state index in [-0.39, 0.29) is 18.2 Å². The topological polar surface area (TPSA) is 103 Å². The van der Waals surface area contributed by atoms with Gasteiger partial charge in [0.05, 0.1) is 23.8 Å². The van der Waals surface area contributed by atoms with Crippen LogP contribution in [0.1, 0.15) is 15.2 Å². The summed E-state index contributed by atoms with van der Waals surface area (Å²) in [5.74, 6) is 0.837. The Labute approximate surface area is 213 Å². The van der Waals surface area contributed by atoms with Gasteiger partial charge in [-0.05, 0) is 55.1 Å². The van der Waals surface area contributed by atoms with Gasteiger partial charge in [-0.25, -0.2) is 0 Å². The van der Waals surface area contributed by atoms with E-state index in [1.807, 2.05) is 48.5 Å². The number of thiophene rings is 1. The van der Waals surface area contributed by atoms with Gasteiger partial charge in [-0.15, -0.1) is 11.3 Å². The Morgan fingerprint density at radius 3 is 2.44 bits per heavy atom. The lowest BCUT2D eigenvalue weighted by atomic mass is 10.1. The van der Waals surface area contributed by atoms with E-state index in [0.29, 0.717) is 20.9 Å².